The van der Waals surface area contributed by atoms with Crippen LogP contribution in [0.1, 0.15) is 96.8 Å². The van der Waals surface area contributed by atoms with E-state index in [9.17, 15) is 24.9 Å². The molecule has 2 atom stereocenters. The fraction of sp³-hybridized carbons (Fsp3) is 0.818. The molecule has 0 aliphatic carbocycles. The number of ether oxygens (including phenoxy) is 2. The molecule has 0 saturated heterocycles. The number of esters is 2. The smallest absolute Gasteiger partial charge is 0.505 e. The zero-order chi connectivity index (χ0) is 21.5. The van der Waals surface area contributed by atoms with Crippen molar-refractivity contribution in [1.82, 2.24) is 0 Å². The fourth-order valence-electron chi connectivity index (χ4n) is 3.43. The number of rotatable bonds is 17. The third kappa shape index (κ3) is 11.6. The molecule has 2 unspecified atom stereocenters. The van der Waals surface area contributed by atoms with Crippen LogP contribution in [-0.2, 0) is 19.1 Å². The van der Waals surface area contributed by atoms with Crippen molar-refractivity contribution in [2.24, 2.45) is 0 Å². The summed E-state index contributed by atoms with van der Waals surface area (Å²) >= 11 is 0. The van der Waals surface area contributed by atoms with E-state index in [2.05, 4.69) is 6.92 Å². The van der Waals surface area contributed by atoms with Gasteiger partial charge >= 0.3 is 41.5 Å². The van der Waals surface area contributed by atoms with Gasteiger partial charge in [0.2, 0.25) is 11.9 Å². The molecule has 0 aromatic heterocycles. The van der Waals surface area contributed by atoms with Crippen LogP contribution in [0, 0.1) is 0 Å². The predicted octanol–water partition coefficient (Wildman–Crippen LogP) is 1.63. The van der Waals surface area contributed by atoms with E-state index in [1.807, 2.05) is 0 Å². The van der Waals surface area contributed by atoms with Gasteiger partial charge < -0.3 is 24.8 Å². The molecule has 1 rings (SSSR count). The fourth-order valence-corrected chi connectivity index (χ4v) is 3.43. The van der Waals surface area contributed by atoms with Gasteiger partial charge in [-0.05, 0) is 6.42 Å². The molecule has 1 heterocycles. The molecule has 168 valence electrons. The molecule has 0 aromatic carbocycles. The Bertz CT molecular complexity index is 522. The van der Waals surface area contributed by atoms with E-state index in [-0.39, 0.29) is 36.0 Å². The molecule has 0 radical (unpaired) electrons. The Kier molecular flexibility index (Phi) is 17.4. The summed E-state index contributed by atoms with van der Waals surface area (Å²) in [5.41, 5.74) is 0. The van der Waals surface area contributed by atoms with Crippen LogP contribution in [0.2, 0.25) is 0 Å². The molecule has 0 aromatic rings. The summed E-state index contributed by atoms with van der Waals surface area (Å²) in [6.45, 7) is 1.61. The summed E-state index contributed by atoms with van der Waals surface area (Å²) < 4.78 is 9.80. The van der Waals surface area contributed by atoms with Crippen molar-refractivity contribution in [3.63, 3.8) is 0 Å². The topological polar surface area (TPSA) is 113 Å². The van der Waals surface area contributed by atoms with Gasteiger partial charge in [0.15, 0.2) is 11.9 Å². The summed E-state index contributed by atoms with van der Waals surface area (Å²) in [6, 6.07) is 0. The molecule has 7 nitrogen and oxygen atoms in total. The molecule has 0 saturated carbocycles. The molecule has 3 N–H and O–H groups in total. The van der Waals surface area contributed by atoms with Gasteiger partial charge in [0.05, 0.1) is 6.61 Å². The van der Waals surface area contributed by atoms with Gasteiger partial charge in [-0.3, -0.25) is 4.79 Å². The maximum atomic E-state index is 11.9. The Morgan fingerprint density at radius 1 is 0.933 bits per heavy atom. The molecule has 0 fully saturated rings. The van der Waals surface area contributed by atoms with Gasteiger partial charge in [0.1, 0.15) is 0 Å². The SMILES string of the molecule is CCCCCCCCCCCCCCCC(=O)OC(CO)C1OC(=O)C(O)=C1O.[Na+]. The monoisotopic (exact) mass is 437 g/mol. The van der Waals surface area contributed by atoms with Crippen molar-refractivity contribution < 1.29 is 63.9 Å². The van der Waals surface area contributed by atoms with Crippen molar-refractivity contribution in [3.8, 4) is 0 Å². The third-order valence-electron chi connectivity index (χ3n) is 5.22. The Morgan fingerprint density at radius 3 is 1.80 bits per heavy atom. The van der Waals surface area contributed by atoms with Crippen LogP contribution in [0.5, 0.6) is 0 Å². The Labute approximate surface area is 202 Å². The first-order valence-corrected chi connectivity index (χ1v) is 11.1. The molecule has 1 aliphatic heterocycles. The van der Waals surface area contributed by atoms with Crippen LogP contribution < -0.4 is 29.6 Å². The number of hydrogen-bond donors (Lipinski definition) is 3. The number of carbonyl (C=O) groups excluding carboxylic acids is 2. The predicted molar refractivity (Wildman–Crippen MR) is 109 cm³/mol. The van der Waals surface area contributed by atoms with Gasteiger partial charge in [-0.25, -0.2) is 4.79 Å². The number of aliphatic hydroxyl groups excluding tert-OH is 3. The molecule has 0 amide bonds. The summed E-state index contributed by atoms with van der Waals surface area (Å²) in [5.74, 6) is -3.26. The number of hydrogen-bond acceptors (Lipinski definition) is 7. The first-order chi connectivity index (χ1) is 14.0. The molecular formula is C22H38NaO7+. The second kappa shape index (κ2) is 17.9. The Morgan fingerprint density at radius 2 is 1.40 bits per heavy atom. The quantitative estimate of drug-likeness (QED) is 0.180. The van der Waals surface area contributed by atoms with E-state index < -0.39 is 42.3 Å². The number of aliphatic hydroxyl groups is 3. The number of carbonyl (C=O) groups is 2. The number of cyclic esters (lactones) is 1. The van der Waals surface area contributed by atoms with Gasteiger partial charge in [0.25, 0.3) is 0 Å². The molecule has 0 bridgehead atoms. The van der Waals surface area contributed by atoms with Crippen LogP contribution in [-0.4, -0.2) is 46.1 Å². The maximum absolute atomic E-state index is 11.9. The molecule has 0 spiro atoms. The largest absolute Gasteiger partial charge is 1.00 e. The van der Waals surface area contributed by atoms with Gasteiger partial charge in [0, 0.05) is 6.42 Å². The van der Waals surface area contributed by atoms with Crippen LogP contribution in [0.4, 0.5) is 0 Å². The normalized spacial score (nSPS) is 16.9. The second-order valence-electron chi connectivity index (χ2n) is 7.76. The maximum Gasteiger partial charge on any atom is 1.00 e. The minimum Gasteiger partial charge on any atom is -0.505 e. The van der Waals surface area contributed by atoms with Gasteiger partial charge in [-0.2, -0.15) is 0 Å². The number of unbranched alkanes of at least 4 members (excludes halogenated alkanes) is 12. The third-order valence-corrected chi connectivity index (χ3v) is 5.22. The Balaban J connectivity index is 0.00000841. The van der Waals surface area contributed by atoms with Gasteiger partial charge in [-0.15, -0.1) is 0 Å². The van der Waals surface area contributed by atoms with E-state index >= 15 is 0 Å². The van der Waals surface area contributed by atoms with Crippen molar-refractivity contribution in [3.05, 3.63) is 11.5 Å². The van der Waals surface area contributed by atoms with E-state index in [0.29, 0.717) is 6.42 Å². The van der Waals surface area contributed by atoms with Gasteiger partial charge in [-0.1, -0.05) is 84.0 Å². The summed E-state index contributed by atoms with van der Waals surface area (Å²) in [7, 11) is 0. The van der Waals surface area contributed by atoms with Crippen molar-refractivity contribution in [1.29, 1.82) is 0 Å². The van der Waals surface area contributed by atoms with Crippen LogP contribution >= 0.6 is 0 Å². The second-order valence-corrected chi connectivity index (χ2v) is 7.76. The first-order valence-electron chi connectivity index (χ1n) is 11.1. The Hall–Kier alpha value is -0.760. The molecular weight excluding hydrogens is 399 g/mol. The van der Waals surface area contributed by atoms with Crippen molar-refractivity contribution in [2.75, 3.05) is 6.61 Å². The molecule has 1 aliphatic rings. The summed E-state index contributed by atoms with van der Waals surface area (Å²) in [4.78, 5) is 23.1. The van der Waals surface area contributed by atoms with E-state index in [1.165, 1.54) is 64.2 Å². The van der Waals surface area contributed by atoms with E-state index in [0.717, 1.165) is 12.8 Å². The summed E-state index contributed by atoms with van der Waals surface area (Å²) in [5, 5.41) is 28.2. The van der Waals surface area contributed by atoms with Crippen LogP contribution in [0.3, 0.4) is 0 Å². The zero-order valence-corrected chi connectivity index (χ0v) is 20.7. The average Bonchev–Trinajstić information content (AvgIpc) is 2.97. The van der Waals surface area contributed by atoms with Crippen molar-refractivity contribution >= 4 is 11.9 Å². The molecule has 8 heteroatoms. The minimum absolute atomic E-state index is 0. The standard InChI is InChI=1S/C22H38O7.Na/c1-2-3-4-5-6-7-8-9-10-11-12-13-14-15-18(24)28-17(16-23)21-19(25)20(26)22(27)29-21;/h17,21,23,25-26H,2-16H2,1H3;/q;+1. The minimum atomic E-state index is -1.36. The van der Waals surface area contributed by atoms with Crippen molar-refractivity contribution in [2.45, 2.75) is 109 Å². The zero-order valence-electron chi connectivity index (χ0n) is 18.7. The summed E-state index contributed by atoms with van der Waals surface area (Å²) in [6.07, 6.45) is 13.3. The molecule has 30 heavy (non-hydrogen) atoms. The first kappa shape index (κ1) is 29.2. The van der Waals surface area contributed by atoms with Crippen LogP contribution in [0.25, 0.3) is 0 Å². The van der Waals surface area contributed by atoms with E-state index in [4.69, 9.17) is 9.47 Å². The van der Waals surface area contributed by atoms with Crippen LogP contribution in [0.15, 0.2) is 11.5 Å². The van der Waals surface area contributed by atoms with E-state index in [1.54, 1.807) is 0 Å². The average molecular weight is 438 g/mol.